The van der Waals surface area contributed by atoms with Gasteiger partial charge in [0.2, 0.25) is 0 Å². The molecule has 20 heavy (non-hydrogen) atoms. The lowest BCUT2D eigenvalue weighted by atomic mass is 10.2. The number of benzene rings is 1. The second-order valence-corrected chi connectivity index (χ2v) is 5.73. The molecule has 0 aliphatic heterocycles. The van der Waals surface area contributed by atoms with Crippen molar-refractivity contribution in [1.29, 1.82) is 0 Å². The summed E-state index contributed by atoms with van der Waals surface area (Å²) in [6, 6.07) is 7.18. The van der Waals surface area contributed by atoms with E-state index < -0.39 is 0 Å². The van der Waals surface area contributed by atoms with E-state index in [4.69, 9.17) is 18.0 Å². The van der Waals surface area contributed by atoms with Gasteiger partial charge in [0.25, 0.3) is 5.91 Å². The van der Waals surface area contributed by atoms with Crippen molar-refractivity contribution in [2.45, 2.75) is 0 Å². The third-order valence-corrected chi connectivity index (χ3v) is 3.40. The third kappa shape index (κ3) is 2.88. The van der Waals surface area contributed by atoms with E-state index >= 15 is 0 Å². The van der Waals surface area contributed by atoms with E-state index in [9.17, 15) is 4.79 Å². The molecule has 1 amide bonds. The number of thiocarbonyl (C=S) groups is 1. The van der Waals surface area contributed by atoms with Crippen LogP contribution >= 0.6 is 28.1 Å². The zero-order valence-electron chi connectivity index (χ0n) is 11.0. The van der Waals surface area contributed by atoms with E-state index in [1.165, 1.54) is 4.90 Å². The summed E-state index contributed by atoms with van der Waals surface area (Å²) in [7, 11) is 3.36. The highest BCUT2D eigenvalue weighted by Gasteiger charge is 2.14. The van der Waals surface area contributed by atoms with Crippen LogP contribution in [0.1, 0.15) is 16.1 Å². The quantitative estimate of drug-likeness (QED) is 0.857. The number of hydrogen-bond donors (Lipinski definition) is 1. The highest BCUT2D eigenvalue weighted by Crippen LogP contribution is 2.20. The smallest absolute Gasteiger partial charge is 0.273 e. The van der Waals surface area contributed by atoms with Crippen molar-refractivity contribution in [2.24, 2.45) is 5.73 Å². The maximum Gasteiger partial charge on any atom is 0.273 e. The molecule has 1 heterocycles. The van der Waals surface area contributed by atoms with Crippen LogP contribution in [0.15, 0.2) is 34.9 Å². The number of rotatable bonds is 3. The Bertz CT molecular complexity index is 681. The Morgan fingerprint density at radius 2 is 2.10 bits per heavy atom. The van der Waals surface area contributed by atoms with Gasteiger partial charge in [-0.1, -0.05) is 28.1 Å². The standard InChI is InChI=1S/C13H13BrN4OS/c1-17(2)13(19)10-5-6-18(16-10)11-7-8(14)3-4-9(11)12(15)20/h3-7H,1-2H3,(H2,15,20). The lowest BCUT2D eigenvalue weighted by Gasteiger charge is -2.10. The maximum absolute atomic E-state index is 11.9. The van der Waals surface area contributed by atoms with E-state index in [1.54, 1.807) is 31.0 Å². The minimum Gasteiger partial charge on any atom is -0.389 e. The van der Waals surface area contributed by atoms with Crippen molar-refractivity contribution in [3.63, 3.8) is 0 Å². The first-order chi connectivity index (χ1) is 9.40. The fraction of sp³-hybridized carbons (Fsp3) is 0.154. The molecule has 0 fully saturated rings. The molecule has 2 N–H and O–H groups in total. The Kier molecular flexibility index (Phi) is 4.20. The van der Waals surface area contributed by atoms with Crippen molar-refractivity contribution in [1.82, 2.24) is 14.7 Å². The van der Waals surface area contributed by atoms with E-state index in [2.05, 4.69) is 21.0 Å². The molecule has 2 rings (SSSR count). The van der Waals surface area contributed by atoms with E-state index in [1.807, 2.05) is 18.2 Å². The molecule has 5 nitrogen and oxygen atoms in total. The molecule has 0 saturated heterocycles. The molecule has 7 heteroatoms. The first kappa shape index (κ1) is 14.7. The van der Waals surface area contributed by atoms with Gasteiger partial charge in [-0.3, -0.25) is 4.79 Å². The Balaban J connectivity index is 2.50. The first-order valence-electron chi connectivity index (χ1n) is 5.77. The van der Waals surface area contributed by atoms with Crippen LogP contribution in [0, 0.1) is 0 Å². The average Bonchev–Trinajstić information content (AvgIpc) is 2.86. The summed E-state index contributed by atoms with van der Waals surface area (Å²) in [5, 5.41) is 4.28. The molecule has 104 valence electrons. The van der Waals surface area contributed by atoms with Crippen LogP contribution in [0.2, 0.25) is 0 Å². The topological polar surface area (TPSA) is 64.2 Å². The second-order valence-electron chi connectivity index (χ2n) is 4.37. The lowest BCUT2D eigenvalue weighted by molar-refractivity contribution is 0.0821. The maximum atomic E-state index is 11.9. The summed E-state index contributed by atoms with van der Waals surface area (Å²) in [5.74, 6) is -0.157. The van der Waals surface area contributed by atoms with Gasteiger partial charge >= 0.3 is 0 Å². The summed E-state index contributed by atoms with van der Waals surface area (Å²) in [5.41, 5.74) is 7.51. The SMILES string of the molecule is CN(C)C(=O)c1ccn(-c2cc(Br)ccc2C(N)=S)n1. The van der Waals surface area contributed by atoms with Crippen molar-refractivity contribution >= 4 is 39.0 Å². The molecule has 1 aromatic carbocycles. The number of halogens is 1. The molecule has 0 aliphatic carbocycles. The van der Waals surface area contributed by atoms with Crippen molar-refractivity contribution in [3.05, 3.63) is 46.2 Å². The molecule has 2 aromatic rings. The van der Waals surface area contributed by atoms with Crippen LogP contribution in [-0.2, 0) is 0 Å². The van der Waals surface area contributed by atoms with Crippen molar-refractivity contribution in [3.8, 4) is 5.69 Å². The number of amides is 1. The molecule has 0 spiro atoms. The highest BCUT2D eigenvalue weighted by molar-refractivity contribution is 9.10. The molecule has 0 unspecified atom stereocenters. The number of carbonyl (C=O) groups excluding carboxylic acids is 1. The Morgan fingerprint density at radius 3 is 2.70 bits per heavy atom. The van der Waals surface area contributed by atoms with Crippen LogP contribution in [0.25, 0.3) is 5.69 Å². The van der Waals surface area contributed by atoms with Crippen LogP contribution in [0.3, 0.4) is 0 Å². The lowest BCUT2D eigenvalue weighted by Crippen LogP contribution is -2.22. The molecule has 0 bridgehead atoms. The molecule has 0 aliphatic rings. The summed E-state index contributed by atoms with van der Waals surface area (Å²) in [6.45, 7) is 0. The summed E-state index contributed by atoms with van der Waals surface area (Å²) >= 11 is 8.44. The molecule has 0 saturated carbocycles. The second kappa shape index (κ2) is 5.72. The van der Waals surface area contributed by atoms with E-state index in [0.29, 0.717) is 11.3 Å². The molecule has 0 radical (unpaired) electrons. The van der Waals surface area contributed by atoms with Gasteiger partial charge in [-0.25, -0.2) is 4.68 Å². The predicted octanol–water partition coefficient (Wildman–Crippen LogP) is 1.97. The summed E-state index contributed by atoms with van der Waals surface area (Å²) in [4.78, 5) is 13.6. The van der Waals surface area contributed by atoms with Crippen molar-refractivity contribution < 1.29 is 4.79 Å². The summed E-state index contributed by atoms with van der Waals surface area (Å²) < 4.78 is 2.47. The van der Waals surface area contributed by atoms with Crippen molar-refractivity contribution in [2.75, 3.05) is 14.1 Å². The average molecular weight is 353 g/mol. The Labute approximate surface area is 130 Å². The van der Waals surface area contributed by atoms with Gasteiger partial charge in [0.05, 0.1) is 5.69 Å². The molecule has 0 atom stereocenters. The normalized spacial score (nSPS) is 10.3. The van der Waals surface area contributed by atoms with E-state index in [-0.39, 0.29) is 10.9 Å². The highest BCUT2D eigenvalue weighted by atomic mass is 79.9. The van der Waals surface area contributed by atoms with Crippen LogP contribution in [0.4, 0.5) is 0 Å². The number of aromatic nitrogens is 2. The zero-order chi connectivity index (χ0) is 14.9. The van der Waals surface area contributed by atoms with Gasteiger partial charge in [0.15, 0.2) is 5.69 Å². The Hall–Kier alpha value is -1.73. The minimum absolute atomic E-state index is 0.157. The molecule has 1 aromatic heterocycles. The molecular formula is C13H13BrN4OS. The fourth-order valence-corrected chi connectivity index (χ4v) is 2.23. The van der Waals surface area contributed by atoms with Gasteiger partial charge in [-0.15, -0.1) is 0 Å². The molecular weight excluding hydrogens is 340 g/mol. The number of nitrogens with zero attached hydrogens (tertiary/aromatic N) is 3. The first-order valence-corrected chi connectivity index (χ1v) is 6.97. The largest absolute Gasteiger partial charge is 0.389 e. The monoisotopic (exact) mass is 352 g/mol. The zero-order valence-corrected chi connectivity index (χ0v) is 13.4. The van der Waals surface area contributed by atoms with Crippen LogP contribution < -0.4 is 5.73 Å². The predicted molar refractivity (Wildman–Crippen MR) is 85.2 cm³/mol. The number of nitrogens with two attached hydrogens (primary N) is 1. The van der Waals surface area contributed by atoms with Gasteiger partial charge in [0, 0.05) is 30.3 Å². The number of carbonyl (C=O) groups is 1. The van der Waals surface area contributed by atoms with Crippen LogP contribution in [-0.4, -0.2) is 39.7 Å². The number of hydrogen-bond acceptors (Lipinski definition) is 3. The van der Waals surface area contributed by atoms with Gasteiger partial charge in [-0.2, -0.15) is 5.10 Å². The summed E-state index contributed by atoms with van der Waals surface area (Å²) in [6.07, 6.45) is 1.71. The van der Waals surface area contributed by atoms with E-state index in [0.717, 1.165) is 10.2 Å². The van der Waals surface area contributed by atoms with Crippen LogP contribution in [0.5, 0.6) is 0 Å². The fourth-order valence-electron chi connectivity index (χ4n) is 1.70. The van der Waals surface area contributed by atoms with Gasteiger partial charge in [0.1, 0.15) is 4.99 Å². The minimum atomic E-state index is -0.157. The van der Waals surface area contributed by atoms with Gasteiger partial charge in [-0.05, 0) is 24.3 Å². The third-order valence-electron chi connectivity index (χ3n) is 2.69. The Morgan fingerprint density at radius 1 is 1.40 bits per heavy atom. The van der Waals surface area contributed by atoms with Gasteiger partial charge < -0.3 is 10.6 Å².